The van der Waals surface area contributed by atoms with Crippen molar-refractivity contribution >= 4 is 41.2 Å². The van der Waals surface area contributed by atoms with Gasteiger partial charge in [0, 0.05) is 14.8 Å². The molecule has 0 saturated carbocycles. The van der Waals surface area contributed by atoms with Gasteiger partial charge >= 0.3 is 0 Å². The van der Waals surface area contributed by atoms with E-state index in [1.165, 1.54) is 4.90 Å². The molecular formula is C20H17ClS2. The number of hydrogen-bond donors (Lipinski definition) is 0. The van der Waals surface area contributed by atoms with Crippen LogP contribution in [0.25, 0.3) is 6.08 Å². The highest BCUT2D eigenvalue weighted by atomic mass is 35.5. The summed E-state index contributed by atoms with van der Waals surface area (Å²) in [6.07, 6.45) is 7.72. The van der Waals surface area contributed by atoms with Gasteiger partial charge in [-0.25, -0.2) is 0 Å². The Bertz CT molecular complexity index is 713. The average Bonchev–Trinajstić information content (AvgIpc) is 2.57. The second-order valence-electron chi connectivity index (χ2n) is 4.54. The standard InChI is InChI=1S/C20H17ClS2/c1-3-8-18(4-2)22-20(23-19-9-6-5-7-10-19)15-16-11-13-17(21)14-12-16/h3-15H,1-2H2/b18-8+,20-15+. The van der Waals surface area contributed by atoms with E-state index in [1.807, 2.05) is 54.6 Å². The third-order valence-corrected chi connectivity index (χ3v) is 5.25. The van der Waals surface area contributed by atoms with Gasteiger partial charge in [-0.15, -0.1) is 0 Å². The van der Waals surface area contributed by atoms with Gasteiger partial charge in [0.15, 0.2) is 0 Å². The van der Waals surface area contributed by atoms with Crippen LogP contribution in [0.15, 0.2) is 100 Å². The van der Waals surface area contributed by atoms with E-state index >= 15 is 0 Å². The summed E-state index contributed by atoms with van der Waals surface area (Å²) >= 11 is 9.36. The van der Waals surface area contributed by atoms with Crippen molar-refractivity contribution in [2.75, 3.05) is 0 Å². The van der Waals surface area contributed by atoms with Crippen molar-refractivity contribution in [3.05, 3.63) is 106 Å². The minimum absolute atomic E-state index is 0.741. The van der Waals surface area contributed by atoms with Crippen molar-refractivity contribution in [1.82, 2.24) is 0 Å². The first kappa shape index (κ1) is 17.7. The number of allylic oxidation sites excluding steroid dienone is 3. The Morgan fingerprint density at radius 1 is 0.957 bits per heavy atom. The fraction of sp³-hybridized carbons (Fsp3) is 0. The highest BCUT2D eigenvalue weighted by molar-refractivity contribution is 8.24. The molecule has 0 nitrogen and oxygen atoms in total. The molecule has 0 atom stereocenters. The molecule has 0 unspecified atom stereocenters. The van der Waals surface area contributed by atoms with Gasteiger partial charge in [0.25, 0.3) is 0 Å². The predicted octanol–water partition coefficient (Wildman–Crippen LogP) is 7.42. The van der Waals surface area contributed by atoms with Crippen LogP contribution in [0.1, 0.15) is 5.56 Å². The average molecular weight is 357 g/mol. The Morgan fingerprint density at radius 2 is 1.65 bits per heavy atom. The summed E-state index contributed by atoms with van der Waals surface area (Å²) in [7, 11) is 0. The summed E-state index contributed by atoms with van der Waals surface area (Å²) in [5, 5.41) is 0.741. The number of halogens is 1. The van der Waals surface area contributed by atoms with Crippen LogP contribution in [0, 0.1) is 0 Å². The Kier molecular flexibility index (Phi) is 7.34. The normalized spacial score (nSPS) is 12.0. The van der Waals surface area contributed by atoms with Crippen LogP contribution in [-0.4, -0.2) is 0 Å². The molecule has 2 aromatic rings. The third-order valence-electron chi connectivity index (χ3n) is 2.82. The summed E-state index contributed by atoms with van der Waals surface area (Å²) < 4.78 is 1.16. The first-order valence-corrected chi connectivity index (χ1v) is 9.05. The zero-order chi connectivity index (χ0) is 16.5. The molecule has 23 heavy (non-hydrogen) atoms. The van der Waals surface area contributed by atoms with Gasteiger partial charge in [0.1, 0.15) is 0 Å². The van der Waals surface area contributed by atoms with Crippen molar-refractivity contribution in [2.45, 2.75) is 4.90 Å². The third kappa shape index (κ3) is 6.19. The molecule has 0 heterocycles. The molecule has 3 heteroatoms. The summed E-state index contributed by atoms with van der Waals surface area (Å²) in [6.45, 7) is 7.62. The Hall–Kier alpha value is -1.61. The fourth-order valence-electron chi connectivity index (χ4n) is 1.76. The molecule has 0 fully saturated rings. The van der Waals surface area contributed by atoms with Crippen molar-refractivity contribution in [3.8, 4) is 0 Å². The van der Waals surface area contributed by atoms with Gasteiger partial charge in [0.05, 0.1) is 4.24 Å². The van der Waals surface area contributed by atoms with Crippen LogP contribution in [0.3, 0.4) is 0 Å². The summed E-state index contributed by atoms with van der Waals surface area (Å²) in [6, 6.07) is 18.1. The fourth-order valence-corrected chi connectivity index (χ4v) is 4.02. The smallest absolute Gasteiger partial charge is 0.0504 e. The van der Waals surface area contributed by atoms with Crippen molar-refractivity contribution in [2.24, 2.45) is 0 Å². The number of hydrogen-bond acceptors (Lipinski definition) is 2. The van der Waals surface area contributed by atoms with Crippen molar-refractivity contribution in [1.29, 1.82) is 0 Å². The van der Waals surface area contributed by atoms with Crippen LogP contribution < -0.4 is 0 Å². The number of benzene rings is 2. The van der Waals surface area contributed by atoms with Gasteiger partial charge in [0.2, 0.25) is 0 Å². The van der Waals surface area contributed by atoms with E-state index in [2.05, 4.69) is 31.4 Å². The molecule has 0 aliphatic heterocycles. The molecule has 0 bridgehead atoms. The van der Waals surface area contributed by atoms with Crippen LogP contribution in [-0.2, 0) is 0 Å². The Balaban J connectivity index is 2.29. The highest BCUT2D eigenvalue weighted by Crippen LogP contribution is 2.40. The van der Waals surface area contributed by atoms with Crippen LogP contribution >= 0.6 is 35.1 Å². The van der Waals surface area contributed by atoms with Gasteiger partial charge in [-0.3, -0.25) is 0 Å². The molecule has 0 amide bonds. The molecule has 2 aromatic carbocycles. The van der Waals surface area contributed by atoms with E-state index in [0.717, 1.165) is 19.7 Å². The van der Waals surface area contributed by atoms with Gasteiger partial charge in [-0.05, 0) is 42.0 Å². The Morgan fingerprint density at radius 3 is 2.26 bits per heavy atom. The van der Waals surface area contributed by atoms with Crippen LogP contribution in [0.5, 0.6) is 0 Å². The van der Waals surface area contributed by atoms with Crippen molar-refractivity contribution in [3.63, 3.8) is 0 Å². The van der Waals surface area contributed by atoms with Crippen LogP contribution in [0.4, 0.5) is 0 Å². The zero-order valence-electron chi connectivity index (χ0n) is 12.6. The number of rotatable bonds is 7. The molecule has 0 N–H and O–H groups in total. The topological polar surface area (TPSA) is 0 Å². The second-order valence-corrected chi connectivity index (χ2v) is 7.47. The maximum atomic E-state index is 5.96. The molecule has 2 rings (SSSR count). The Labute approximate surface area is 151 Å². The van der Waals surface area contributed by atoms with E-state index in [-0.39, 0.29) is 0 Å². The summed E-state index contributed by atoms with van der Waals surface area (Å²) in [5.74, 6) is 0. The zero-order valence-corrected chi connectivity index (χ0v) is 15.0. The maximum Gasteiger partial charge on any atom is 0.0504 e. The van der Waals surface area contributed by atoms with E-state index in [0.29, 0.717) is 0 Å². The quantitative estimate of drug-likeness (QED) is 0.374. The van der Waals surface area contributed by atoms with E-state index in [4.69, 9.17) is 11.6 Å². The molecule has 0 aromatic heterocycles. The number of thioether (sulfide) groups is 2. The van der Waals surface area contributed by atoms with E-state index in [9.17, 15) is 0 Å². The molecule has 116 valence electrons. The largest absolute Gasteiger partial charge is 0.0990 e. The lowest BCUT2D eigenvalue weighted by molar-refractivity contribution is 1.47. The van der Waals surface area contributed by atoms with Gasteiger partial charge in [-0.1, -0.05) is 90.8 Å². The first-order valence-electron chi connectivity index (χ1n) is 7.04. The van der Waals surface area contributed by atoms with E-state index < -0.39 is 0 Å². The van der Waals surface area contributed by atoms with Gasteiger partial charge < -0.3 is 0 Å². The predicted molar refractivity (Wildman–Crippen MR) is 108 cm³/mol. The molecule has 0 radical (unpaired) electrons. The monoisotopic (exact) mass is 356 g/mol. The lowest BCUT2D eigenvalue weighted by Gasteiger charge is -2.08. The minimum atomic E-state index is 0.741. The van der Waals surface area contributed by atoms with Crippen molar-refractivity contribution < 1.29 is 0 Å². The molecular weight excluding hydrogens is 340 g/mol. The highest BCUT2D eigenvalue weighted by Gasteiger charge is 2.05. The second kappa shape index (κ2) is 9.51. The molecule has 0 aliphatic rings. The molecule has 0 spiro atoms. The summed E-state index contributed by atoms with van der Waals surface area (Å²) in [4.78, 5) is 2.26. The molecule has 0 aliphatic carbocycles. The minimum Gasteiger partial charge on any atom is -0.0990 e. The maximum absolute atomic E-state index is 5.96. The first-order chi connectivity index (χ1) is 11.2. The lowest BCUT2D eigenvalue weighted by Crippen LogP contribution is -1.78. The lowest BCUT2D eigenvalue weighted by atomic mass is 10.2. The van der Waals surface area contributed by atoms with E-state index in [1.54, 1.807) is 29.6 Å². The van der Waals surface area contributed by atoms with Gasteiger partial charge in [-0.2, -0.15) is 0 Å². The van der Waals surface area contributed by atoms with Crippen LogP contribution in [0.2, 0.25) is 5.02 Å². The summed E-state index contributed by atoms with van der Waals surface area (Å²) in [5.41, 5.74) is 1.11. The molecule has 0 saturated heterocycles. The SMILES string of the molecule is C=C/C=C(\C=C)S/C(=C\c1ccc(Cl)cc1)Sc1ccccc1.